The first-order chi connectivity index (χ1) is 9.94. The number of fused-ring (bicyclic) bond motifs is 1. The zero-order valence-corrected chi connectivity index (χ0v) is 11.6. The maximum Gasteiger partial charge on any atom is 0.262 e. The number of nitrogens with zero attached hydrogens (tertiary/aromatic N) is 2. The quantitative estimate of drug-likeness (QED) is 0.896. The topological polar surface area (TPSA) is 58.4 Å². The fourth-order valence-corrected chi connectivity index (χ4v) is 2.49. The van der Waals surface area contributed by atoms with E-state index in [1.807, 2.05) is 35.7 Å². The van der Waals surface area contributed by atoms with Crippen LogP contribution in [0.25, 0.3) is 5.65 Å². The summed E-state index contributed by atoms with van der Waals surface area (Å²) < 4.78 is 28.0. The second kappa shape index (κ2) is 5.07. The summed E-state index contributed by atoms with van der Waals surface area (Å²) in [5, 5.41) is 5.18. The van der Waals surface area contributed by atoms with Gasteiger partial charge in [-0.25, -0.2) is 13.8 Å². The van der Waals surface area contributed by atoms with Crippen LogP contribution in [-0.4, -0.2) is 33.8 Å². The van der Waals surface area contributed by atoms with Crippen LogP contribution in [0.15, 0.2) is 24.4 Å². The lowest BCUT2D eigenvalue weighted by molar-refractivity contribution is -0.123. The molecule has 2 aromatic heterocycles. The summed E-state index contributed by atoms with van der Waals surface area (Å²) in [5.41, 5.74) is 2.53. The van der Waals surface area contributed by atoms with Crippen molar-refractivity contribution in [3.8, 4) is 0 Å². The number of hydrogen-bond acceptors (Lipinski definition) is 3. The first-order valence-corrected chi connectivity index (χ1v) is 6.77. The van der Waals surface area contributed by atoms with E-state index in [0.29, 0.717) is 5.69 Å². The van der Waals surface area contributed by atoms with Crippen molar-refractivity contribution in [1.29, 1.82) is 0 Å². The van der Waals surface area contributed by atoms with Crippen LogP contribution in [0.5, 0.6) is 0 Å². The maximum atomic E-state index is 13.0. The normalized spacial score (nSPS) is 20.8. The first kappa shape index (κ1) is 13.9. The molecule has 1 saturated heterocycles. The third-order valence-corrected chi connectivity index (χ3v) is 3.62. The molecule has 7 heteroatoms. The Balaban J connectivity index is 1.64. The van der Waals surface area contributed by atoms with Gasteiger partial charge >= 0.3 is 0 Å². The van der Waals surface area contributed by atoms with E-state index >= 15 is 0 Å². The molecule has 0 aliphatic carbocycles. The number of rotatable bonds is 3. The molecule has 0 spiro atoms. The van der Waals surface area contributed by atoms with Crippen molar-refractivity contribution in [1.82, 2.24) is 20.0 Å². The predicted molar refractivity (Wildman–Crippen MR) is 73.1 cm³/mol. The zero-order valence-electron chi connectivity index (χ0n) is 11.6. The Kier molecular flexibility index (Phi) is 3.36. The number of alkyl halides is 2. The standard InChI is InChI=1S/C14H16F2N4O/c1-9-3-2-4-12-19-10(7-20(9)12)6-17-13(21)11-5-14(15,16)8-18-11/h2-4,7,11,18H,5-6,8H2,1H3,(H,17,21). The van der Waals surface area contributed by atoms with E-state index in [1.54, 1.807) is 0 Å². The lowest BCUT2D eigenvalue weighted by Crippen LogP contribution is -2.40. The van der Waals surface area contributed by atoms with E-state index in [1.165, 1.54) is 0 Å². The number of carbonyl (C=O) groups is 1. The van der Waals surface area contributed by atoms with E-state index in [-0.39, 0.29) is 6.54 Å². The molecule has 1 fully saturated rings. The van der Waals surface area contributed by atoms with Crippen molar-refractivity contribution >= 4 is 11.6 Å². The molecule has 3 heterocycles. The van der Waals surface area contributed by atoms with Crippen molar-refractivity contribution in [2.45, 2.75) is 31.9 Å². The van der Waals surface area contributed by atoms with Gasteiger partial charge < -0.3 is 9.72 Å². The Morgan fingerprint density at radius 3 is 3.05 bits per heavy atom. The summed E-state index contributed by atoms with van der Waals surface area (Å²) in [4.78, 5) is 16.2. The SMILES string of the molecule is Cc1cccc2nc(CNC(=O)C3CC(F)(F)CN3)cn12. The molecule has 3 rings (SSSR count). The van der Waals surface area contributed by atoms with Crippen molar-refractivity contribution < 1.29 is 13.6 Å². The average Bonchev–Trinajstić information content (AvgIpc) is 3.00. The smallest absolute Gasteiger partial charge is 0.262 e. The maximum absolute atomic E-state index is 13.0. The highest BCUT2D eigenvalue weighted by Crippen LogP contribution is 2.25. The summed E-state index contributed by atoms with van der Waals surface area (Å²) in [6.45, 7) is 1.74. The molecular formula is C14H16F2N4O. The minimum absolute atomic E-state index is 0.226. The lowest BCUT2D eigenvalue weighted by atomic mass is 10.2. The van der Waals surface area contributed by atoms with Crippen LogP contribution < -0.4 is 10.6 Å². The Morgan fingerprint density at radius 2 is 2.38 bits per heavy atom. The first-order valence-electron chi connectivity index (χ1n) is 6.77. The molecule has 5 nitrogen and oxygen atoms in total. The van der Waals surface area contributed by atoms with Gasteiger partial charge in [0.1, 0.15) is 5.65 Å². The van der Waals surface area contributed by atoms with Gasteiger partial charge in [-0.15, -0.1) is 0 Å². The number of imidazole rings is 1. The van der Waals surface area contributed by atoms with Gasteiger partial charge in [-0.05, 0) is 19.1 Å². The van der Waals surface area contributed by atoms with Crippen molar-refractivity contribution in [3.63, 3.8) is 0 Å². The number of hydrogen-bond donors (Lipinski definition) is 2. The largest absolute Gasteiger partial charge is 0.349 e. The Hall–Kier alpha value is -2.02. The van der Waals surface area contributed by atoms with Gasteiger partial charge in [0.2, 0.25) is 5.91 Å². The van der Waals surface area contributed by atoms with Gasteiger partial charge in [-0.2, -0.15) is 0 Å². The number of carbonyl (C=O) groups excluding carboxylic acids is 1. The third kappa shape index (κ3) is 2.87. The van der Waals surface area contributed by atoms with E-state index in [0.717, 1.165) is 11.3 Å². The van der Waals surface area contributed by atoms with E-state index in [2.05, 4.69) is 15.6 Å². The van der Waals surface area contributed by atoms with Crippen LogP contribution in [0.1, 0.15) is 17.8 Å². The van der Waals surface area contributed by atoms with Crippen LogP contribution in [-0.2, 0) is 11.3 Å². The summed E-state index contributed by atoms with van der Waals surface area (Å²) in [6, 6.07) is 4.91. The fraction of sp³-hybridized carbons (Fsp3) is 0.429. The highest BCUT2D eigenvalue weighted by molar-refractivity contribution is 5.82. The van der Waals surface area contributed by atoms with Crippen LogP contribution in [0.4, 0.5) is 8.78 Å². The molecule has 1 aliphatic rings. The Bertz CT molecular complexity index is 683. The summed E-state index contributed by atoms with van der Waals surface area (Å²) in [7, 11) is 0. The number of aromatic nitrogens is 2. The van der Waals surface area contributed by atoms with E-state index < -0.39 is 30.8 Å². The molecule has 0 bridgehead atoms. The molecule has 0 saturated carbocycles. The number of amides is 1. The Labute approximate surface area is 120 Å². The van der Waals surface area contributed by atoms with Gasteiger partial charge in [0.05, 0.1) is 24.8 Å². The second-order valence-electron chi connectivity index (χ2n) is 5.34. The Morgan fingerprint density at radius 1 is 1.57 bits per heavy atom. The summed E-state index contributed by atoms with van der Waals surface area (Å²) in [5.74, 6) is -3.22. The molecule has 0 aromatic carbocycles. The van der Waals surface area contributed by atoms with Crippen molar-refractivity contribution in [2.75, 3.05) is 6.54 Å². The van der Waals surface area contributed by atoms with Crippen LogP contribution in [0, 0.1) is 6.92 Å². The molecule has 1 aliphatic heterocycles. The average molecular weight is 294 g/mol. The van der Waals surface area contributed by atoms with Crippen LogP contribution in [0.3, 0.4) is 0 Å². The molecule has 1 atom stereocenters. The lowest BCUT2D eigenvalue weighted by Gasteiger charge is -2.10. The van der Waals surface area contributed by atoms with E-state index in [9.17, 15) is 13.6 Å². The summed E-state index contributed by atoms with van der Waals surface area (Å²) >= 11 is 0. The van der Waals surface area contributed by atoms with Crippen molar-refractivity contribution in [3.05, 3.63) is 35.8 Å². The van der Waals surface area contributed by atoms with Gasteiger partial charge in [-0.1, -0.05) is 6.07 Å². The number of halogens is 2. The fourth-order valence-electron chi connectivity index (χ4n) is 2.49. The molecule has 2 N–H and O–H groups in total. The van der Waals surface area contributed by atoms with Crippen LogP contribution >= 0.6 is 0 Å². The highest BCUT2D eigenvalue weighted by Gasteiger charge is 2.42. The van der Waals surface area contributed by atoms with Crippen LogP contribution in [0.2, 0.25) is 0 Å². The molecule has 21 heavy (non-hydrogen) atoms. The molecule has 1 unspecified atom stereocenters. The minimum Gasteiger partial charge on any atom is -0.349 e. The molecule has 0 radical (unpaired) electrons. The minimum atomic E-state index is -2.80. The predicted octanol–water partition coefficient (Wildman–Crippen LogP) is 1.26. The van der Waals surface area contributed by atoms with Crippen molar-refractivity contribution in [2.24, 2.45) is 0 Å². The van der Waals surface area contributed by atoms with Gasteiger partial charge in [0.15, 0.2) is 0 Å². The van der Waals surface area contributed by atoms with E-state index in [4.69, 9.17) is 0 Å². The highest BCUT2D eigenvalue weighted by atomic mass is 19.3. The number of aryl methyl sites for hydroxylation is 1. The zero-order chi connectivity index (χ0) is 15.0. The van der Waals surface area contributed by atoms with Gasteiger partial charge in [0, 0.05) is 18.3 Å². The third-order valence-electron chi connectivity index (χ3n) is 3.62. The van der Waals surface area contributed by atoms with Gasteiger partial charge in [0.25, 0.3) is 5.92 Å². The van der Waals surface area contributed by atoms with Gasteiger partial charge in [-0.3, -0.25) is 10.1 Å². The number of nitrogens with one attached hydrogen (secondary N) is 2. The summed E-state index contributed by atoms with van der Waals surface area (Å²) in [6.07, 6.45) is 1.38. The molecule has 1 amide bonds. The monoisotopic (exact) mass is 294 g/mol. The second-order valence-corrected chi connectivity index (χ2v) is 5.34. The molecular weight excluding hydrogens is 278 g/mol. The molecule has 112 valence electrons. The number of pyridine rings is 1. The molecule has 2 aromatic rings.